The second kappa shape index (κ2) is 7.20. The van der Waals surface area contributed by atoms with Crippen molar-refractivity contribution in [3.63, 3.8) is 0 Å². The number of pyridine rings is 1. The van der Waals surface area contributed by atoms with Crippen LogP contribution in [-0.4, -0.2) is 16.9 Å². The highest BCUT2D eigenvalue weighted by molar-refractivity contribution is 6.39. The number of aromatic nitrogens is 1. The average Bonchev–Trinajstić information content (AvgIpc) is 3.04. The summed E-state index contributed by atoms with van der Waals surface area (Å²) in [6, 6.07) is 9.14. The third kappa shape index (κ3) is 3.95. The van der Waals surface area contributed by atoms with Gasteiger partial charge < -0.3 is 10.6 Å². The molecule has 2 N–H and O–H groups in total. The quantitative estimate of drug-likeness (QED) is 0.816. The molecule has 3 rings (SSSR count). The van der Waals surface area contributed by atoms with Gasteiger partial charge in [0.05, 0.1) is 27.6 Å². The number of carbonyl (C=O) groups is 1. The first-order chi connectivity index (χ1) is 11.1. The lowest BCUT2D eigenvalue weighted by atomic mass is 10.2. The molecule has 2 aromatic rings. The van der Waals surface area contributed by atoms with E-state index in [2.05, 4.69) is 15.6 Å². The van der Waals surface area contributed by atoms with Crippen molar-refractivity contribution in [2.45, 2.75) is 31.7 Å². The predicted molar refractivity (Wildman–Crippen MR) is 94.5 cm³/mol. The van der Waals surface area contributed by atoms with Crippen LogP contribution in [0.2, 0.25) is 10.0 Å². The number of amides is 1. The minimum absolute atomic E-state index is 0.318. The summed E-state index contributed by atoms with van der Waals surface area (Å²) in [4.78, 5) is 16.5. The first-order valence-corrected chi connectivity index (χ1v) is 8.37. The fourth-order valence-corrected chi connectivity index (χ4v) is 3.21. The molecule has 1 amide bonds. The Balaban J connectivity index is 1.67. The van der Waals surface area contributed by atoms with Crippen LogP contribution in [0, 0.1) is 0 Å². The first kappa shape index (κ1) is 16.1. The van der Waals surface area contributed by atoms with Gasteiger partial charge in [0, 0.05) is 6.04 Å². The van der Waals surface area contributed by atoms with Gasteiger partial charge in [-0.3, -0.25) is 4.79 Å². The van der Waals surface area contributed by atoms with E-state index in [4.69, 9.17) is 23.2 Å². The van der Waals surface area contributed by atoms with Crippen molar-refractivity contribution in [3.05, 3.63) is 52.3 Å². The van der Waals surface area contributed by atoms with Gasteiger partial charge in [-0.05, 0) is 37.1 Å². The maximum Gasteiger partial charge on any atom is 0.274 e. The minimum Gasteiger partial charge on any atom is -0.381 e. The summed E-state index contributed by atoms with van der Waals surface area (Å²) in [6.07, 6.45) is 6.59. The van der Waals surface area contributed by atoms with Gasteiger partial charge in [0.15, 0.2) is 0 Å². The smallest absolute Gasteiger partial charge is 0.274 e. The number of hydrogen-bond acceptors (Lipinski definition) is 3. The highest BCUT2D eigenvalue weighted by atomic mass is 35.5. The Labute approximate surface area is 145 Å². The normalized spacial score (nSPS) is 14.7. The SMILES string of the molecule is O=C(Nc1c(Cl)cccc1Cl)c1ccc(NC2CCCC2)cn1. The van der Waals surface area contributed by atoms with E-state index in [0.29, 0.717) is 27.5 Å². The number of nitrogens with one attached hydrogen (secondary N) is 2. The maximum absolute atomic E-state index is 12.3. The number of anilines is 2. The lowest BCUT2D eigenvalue weighted by Crippen LogP contribution is -2.16. The van der Waals surface area contributed by atoms with Gasteiger partial charge >= 0.3 is 0 Å². The zero-order valence-corrected chi connectivity index (χ0v) is 14.0. The second-order valence-electron chi connectivity index (χ2n) is 5.61. The van der Waals surface area contributed by atoms with Crippen LogP contribution in [-0.2, 0) is 0 Å². The first-order valence-electron chi connectivity index (χ1n) is 7.61. The van der Waals surface area contributed by atoms with Gasteiger partial charge in [-0.2, -0.15) is 0 Å². The Kier molecular flexibility index (Phi) is 5.03. The summed E-state index contributed by atoms with van der Waals surface area (Å²) in [7, 11) is 0. The highest BCUT2D eigenvalue weighted by Crippen LogP contribution is 2.30. The van der Waals surface area contributed by atoms with E-state index in [1.54, 1.807) is 30.5 Å². The second-order valence-corrected chi connectivity index (χ2v) is 6.42. The van der Waals surface area contributed by atoms with E-state index in [9.17, 15) is 4.79 Å². The van der Waals surface area contributed by atoms with Crippen molar-refractivity contribution >= 4 is 40.5 Å². The Hall–Kier alpha value is -1.78. The average molecular weight is 350 g/mol. The molecular formula is C17H17Cl2N3O. The Morgan fingerprint density at radius 2 is 1.78 bits per heavy atom. The van der Waals surface area contributed by atoms with Gasteiger partial charge in [-0.1, -0.05) is 42.1 Å². The summed E-state index contributed by atoms with van der Waals surface area (Å²) in [5, 5.41) is 6.93. The van der Waals surface area contributed by atoms with Crippen LogP contribution < -0.4 is 10.6 Å². The van der Waals surface area contributed by atoms with E-state index in [-0.39, 0.29) is 5.91 Å². The van der Waals surface area contributed by atoms with Crippen LogP contribution in [0.15, 0.2) is 36.5 Å². The standard InChI is InChI=1S/C17H17Cl2N3O/c18-13-6-3-7-14(19)16(13)22-17(23)15-9-8-12(10-20-15)21-11-4-1-2-5-11/h3,6-11,21H,1-2,4-5H2,(H,22,23). The molecule has 0 radical (unpaired) electrons. The van der Waals surface area contributed by atoms with Gasteiger partial charge in [0.25, 0.3) is 5.91 Å². The molecule has 4 nitrogen and oxygen atoms in total. The summed E-state index contributed by atoms with van der Waals surface area (Å²) in [5.41, 5.74) is 1.65. The lowest BCUT2D eigenvalue weighted by molar-refractivity contribution is 0.102. The molecule has 0 atom stereocenters. The fourth-order valence-electron chi connectivity index (χ4n) is 2.71. The number of rotatable bonds is 4. The third-order valence-corrected chi connectivity index (χ3v) is 4.55. The van der Waals surface area contributed by atoms with Crippen molar-refractivity contribution in [1.29, 1.82) is 0 Å². The van der Waals surface area contributed by atoms with Gasteiger partial charge in [0.1, 0.15) is 5.69 Å². The molecule has 1 heterocycles. The van der Waals surface area contributed by atoms with E-state index in [1.807, 2.05) is 6.07 Å². The molecule has 0 bridgehead atoms. The van der Waals surface area contributed by atoms with Gasteiger partial charge in [0.2, 0.25) is 0 Å². The number of carbonyl (C=O) groups excluding carboxylic acids is 1. The minimum atomic E-state index is -0.340. The Morgan fingerprint density at radius 3 is 2.39 bits per heavy atom. The van der Waals surface area contributed by atoms with Crippen LogP contribution in [0.4, 0.5) is 11.4 Å². The molecule has 1 aliphatic rings. The van der Waals surface area contributed by atoms with Crippen molar-refractivity contribution in [3.8, 4) is 0 Å². The molecule has 0 unspecified atom stereocenters. The summed E-state index contributed by atoms with van der Waals surface area (Å²) in [5.74, 6) is -0.340. The summed E-state index contributed by atoms with van der Waals surface area (Å²) in [6.45, 7) is 0. The van der Waals surface area contributed by atoms with Crippen LogP contribution in [0.1, 0.15) is 36.2 Å². The fraction of sp³-hybridized carbons (Fsp3) is 0.294. The Bertz CT molecular complexity index is 677. The van der Waals surface area contributed by atoms with E-state index in [1.165, 1.54) is 25.7 Å². The lowest BCUT2D eigenvalue weighted by Gasteiger charge is -2.13. The number of hydrogen-bond donors (Lipinski definition) is 2. The molecule has 23 heavy (non-hydrogen) atoms. The molecule has 1 saturated carbocycles. The van der Waals surface area contributed by atoms with Crippen LogP contribution in [0.5, 0.6) is 0 Å². The molecule has 1 fully saturated rings. The topological polar surface area (TPSA) is 54.0 Å². The van der Waals surface area contributed by atoms with Crippen molar-refractivity contribution < 1.29 is 4.79 Å². The number of para-hydroxylation sites is 1. The predicted octanol–water partition coefficient (Wildman–Crippen LogP) is 5.00. The molecule has 0 aliphatic heterocycles. The zero-order valence-electron chi connectivity index (χ0n) is 12.5. The summed E-state index contributed by atoms with van der Waals surface area (Å²) >= 11 is 12.1. The van der Waals surface area contributed by atoms with Crippen LogP contribution in [0.25, 0.3) is 0 Å². The van der Waals surface area contributed by atoms with Gasteiger partial charge in [-0.15, -0.1) is 0 Å². The molecule has 0 saturated heterocycles. The molecule has 120 valence electrons. The van der Waals surface area contributed by atoms with E-state index < -0.39 is 0 Å². The summed E-state index contributed by atoms with van der Waals surface area (Å²) < 4.78 is 0. The van der Waals surface area contributed by atoms with Crippen LogP contribution >= 0.6 is 23.2 Å². The molecule has 0 spiro atoms. The monoisotopic (exact) mass is 349 g/mol. The molecular weight excluding hydrogens is 333 g/mol. The Morgan fingerprint density at radius 1 is 1.09 bits per heavy atom. The number of nitrogens with zero attached hydrogens (tertiary/aromatic N) is 1. The molecule has 6 heteroatoms. The third-order valence-electron chi connectivity index (χ3n) is 3.92. The number of benzene rings is 1. The van der Waals surface area contributed by atoms with Crippen molar-refractivity contribution in [1.82, 2.24) is 4.98 Å². The highest BCUT2D eigenvalue weighted by Gasteiger charge is 2.15. The molecule has 1 aliphatic carbocycles. The zero-order chi connectivity index (χ0) is 16.2. The van der Waals surface area contributed by atoms with Crippen LogP contribution in [0.3, 0.4) is 0 Å². The number of halogens is 2. The molecule has 1 aromatic carbocycles. The molecule has 1 aromatic heterocycles. The maximum atomic E-state index is 12.3. The van der Waals surface area contributed by atoms with E-state index >= 15 is 0 Å². The largest absolute Gasteiger partial charge is 0.381 e. The van der Waals surface area contributed by atoms with Crippen molar-refractivity contribution in [2.75, 3.05) is 10.6 Å². The van der Waals surface area contributed by atoms with Crippen molar-refractivity contribution in [2.24, 2.45) is 0 Å². The van der Waals surface area contributed by atoms with E-state index in [0.717, 1.165) is 5.69 Å². The van der Waals surface area contributed by atoms with Gasteiger partial charge in [-0.25, -0.2) is 4.98 Å².